The quantitative estimate of drug-likeness (QED) is 0.458. The highest BCUT2D eigenvalue weighted by Crippen LogP contribution is 2.44. The number of aromatic amines is 1. The number of nitrogens with zero attached hydrogens (tertiary/aromatic N) is 3. The number of aromatic hydroxyl groups is 1. The van der Waals surface area contributed by atoms with Gasteiger partial charge in [0, 0.05) is 30.1 Å². The lowest BCUT2D eigenvalue weighted by Crippen LogP contribution is -2.29. The molecule has 5 rings (SSSR count). The summed E-state index contributed by atoms with van der Waals surface area (Å²) in [5, 5.41) is 17.7. The van der Waals surface area contributed by atoms with Crippen molar-refractivity contribution < 1.29 is 19.4 Å². The number of hydrogen-bond acceptors (Lipinski definition) is 6. The Morgan fingerprint density at radius 2 is 1.91 bits per heavy atom. The predicted octanol–water partition coefficient (Wildman–Crippen LogP) is 3.71. The van der Waals surface area contributed by atoms with Crippen LogP contribution in [0.25, 0.3) is 11.3 Å². The summed E-state index contributed by atoms with van der Waals surface area (Å²) >= 11 is 0. The average Bonchev–Trinajstić information content (AvgIpc) is 3.39. The van der Waals surface area contributed by atoms with E-state index in [0.717, 1.165) is 11.1 Å². The van der Waals surface area contributed by atoms with Crippen LogP contribution in [0, 0.1) is 0 Å². The minimum absolute atomic E-state index is 0.0738. The summed E-state index contributed by atoms with van der Waals surface area (Å²) in [5.74, 6) is -0.565. The zero-order chi connectivity index (χ0) is 22.9. The molecule has 0 saturated carbocycles. The van der Waals surface area contributed by atoms with Gasteiger partial charge in [-0.2, -0.15) is 5.10 Å². The fourth-order valence-electron chi connectivity index (χ4n) is 4.19. The van der Waals surface area contributed by atoms with Gasteiger partial charge in [0.05, 0.1) is 18.7 Å². The molecule has 0 spiro atoms. The van der Waals surface area contributed by atoms with Crippen LogP contribution in [0.15, 0.2) is 73.1 Å². The standard InChI is InChI=1S/C25H20N4O4/c1-33-25(32)17-10-8-16(9-11-17)23-20-21(18-6-2-3-7-19(18)30)27-28-22(20)24(31)29(23)14-15-5-4-12-26-13-15/h2-13,23,30H,14H2,1H3,(H,27,28)/t23-/m0/s1. The van der Waals surface area contributed by atoms with Crippen LogP contribution >= 0.6 is 0 Å². The zero-order valence-electron chi connectivity index (χ0n) is 17.7. The van der Waals surface area contributed by atoms with Gasteiger partial charge in [-0.1, -0.05) is 30.3 Å². The van der Waals surface area contributed by atoms with E-state index in [4.69, 9.17) is 4.74 Å². The first kappa shape index (κ1) is 20.4. The minimum atomic E-state index is -0.479. The Morgan fingerprint density at radius 3 is 2.61 bits per heavy atom. The van der Waals surface area contributed by atoms with E-state index >= 15 is 0 Å². The molecule has 2 aromatic heterocycles. The lowest BCUT2D eigenvalue weighted by atomic mass is 9.95. The molecule has 4 aromatic rings. The Kier molecular flexibility index (Phi) is 5.10. The number of aromatic nitrogens is 3. The highest BCUT2D eigenvalue weighted by Gasteiger charge is 2.42. The van der Waals surface area contributed by atoms with E-state index in [9.17, 15) is 14.7 Å². The molecule has 1 aliphatic heterocycles. The summed E-state index contributed by atoms with van der Waals surface area (Å²) in [5.41, 5.74) is 4.18. The van der Waals surface area contributed by atoms with E-state index in [-0.39, 0.29) is 11.7 Å². The molecule has 8 heteroatoms. The average molecular weight is 440 g/mol. The van der Waals surface area contributed by atoms with Crippen LogP contribution in [0.1, 0.15) is 43.6 Å². The maximum absolute atomic E-state index is 13.4. The van der Waals surface area contributed by atoms with Gasteiger partial charge >= 0.3 is 5.97 Å². The van der Waals surface area contributed by atoms with Gasteiger partial charge in [-0.05, 0) is 41.5 Å². The number of fused-ring (bicyclic) bond motifs is 1. The first-order chi connectivity index (χ1) is 16.1. The van der Waals surface area contributed by atoms with Crippen molar-refractivity contribution in [1.29, 1.82) is 0 Å². The molecule has 0 aliphatic carbocycles. The molecule has 0 bridgehead atoms. The van der Waals surface area contributed by atoms with Crippen LogP contribution in [-0.4, -0.2) is 44.2 Å². The summed E-state index contributed by atoms with van der Waals surface area (Å²) in [6.07, 6.45) is 3.40. The molecule has 0 radical (unpaired) electrons. The molecule has 1 aliphatic rings. The molecule has 2 N–H and O–H groups in total. The number of benzene rings is 2. The van der Waals surface area contributed by atoms with E-state index in [2.05, 4.69) is 15.2 Å². The highest BCUT2D eigenvalue weighted by molar-refractivity contribution is 6.00. The number of methoxy groups -OCH3 is 1. The Balaban J connectivity index is 1.64. The molecule has 1 amide bonds. The van der Waals surface area contributed by atoms with E-state index in [1.165, 1.54) is 7.11 Å². The van der Waals surface area contributed by atoms with Crippen molar-refractivity contribution in [3.63, 3.8) is 0 Å². The third kappa shape index (κ3) is 3.51. The van der Waals surface area contributed by atoms with Crippen molar-refractivity contribution in [1.82, 2.24) is 20.1 Å². The molecule has 33 heavy (non-hydrogen) atoms. The normalized spacial score (nSPS) is 14.9. The van der Waals surface area contributed by atoms with Crippen molar-refractivity contribution in [2.75, 3.05) is 7.11 Å². The van der Waals surface area contributed by atoms with Gasteiger partial charge in [-0.15, -0.1) is 0 Å². The van der Waals surface area contributed by atoms with Crippen LogP contribution in [-0.2, 0) is 11.3 Å². The Bertz CT molecular complexity index is 1330. The summed E-state index contributed by atoms with van der Waals surface area (Å²) in [6, 6.07) is 17.1. The van der Waals surface area contributed by atoms with Crippen LogP contribution < -0.4 is 0 Å². The SMILES string of the molecule is COC(=O)c1ccc([C@H]2c3c(-c4ccccc4O)n[nH]c3C(=O)N2Cc2cccnc2)cc1. The number of hydrogen-bond donors (Lipinski definition) is 2. The van der Waals surface area contributed by atoms with Crippen molar-refractivity contribution >= 4 is 11.9 Å². The van der Waals surface area contributed by atoms with Gasteiger partial charge in [-0.25, -0.2) is 4.79 Å². The summed E-state index contributed by atoms with van der Waals surface area (Å²) in [7, 11) is 1.33. The number of para-hydroxylation sites is 1. The van der Waals surface area contributed by atoms with Crippen LogP contribution in [0.2, 0.25) is 0 Å². The lowest BCUT2D eigenvalue weighted by molar-refractivity contribution is 0.0600. The number of carbonyl (C=O) groups excluding carboxylic acids is 2. The van der Waals surface area contributed by atoms with Gasteiger partial charge in [-0.3, -0.25) is 14.9 Å². The monoisotopic (exact) mass is 440 g/mol. The third-order valence-corrected chi connectivity index (χ3v) is 5.75. The summed E-state index contributed by atoms with van der Waals surface area (Å²) < 4.78 is 4.80. The minimum Gasteiger partial charge on any atom is -0.507 e. The number of esters is 1. The number of pyridine rings is 1. The molecule has 0 unspecified atom stereocenters. The maximum atomic E-state index is 13.4. The third-order valence-electron chi connectivity index (χ3n) is 5.75. The Labute approximate surface area is 189 Å². The predicted molar refractivity (Wildman–Crippen MR) is 119 cm³/mol. The molecule has 0 fully saturated rings. The second kappa shape index (κ2) is 8.23. The fraction of sp³-hybridized carbons (Fsp3) is 0.120. The van der Waals surface area contributed by atoms with Crippen LogP contribution in [0.5, 0.6) is 5.75 Å². The highest BCUT2D eigenvalue weighted by atomic mass is 16.5. The maximum Gasteiger partial charge on any atom is 0.337 e. The number of amides is 1. The van der Waals surface area contributed by atoms with E-state index in [0.29, 0.717) is 34.6 Å². The molecule has 164 valence electrons. The number of rotatable bonds is 5. The first-order valence-electron chi connectivity index (χ1n) is 10.3. The van der Waals surface area contributed by atoms with Crippen molar-refractivity contribution in [2.24, 2.45) is 0 Å². The number of ether oxygens (including phenoxy) is 1. The van der Waals surface area contributed by atoms with Gasteiger partial charge in [0.2, 0.25) is 0 Å². The molecule has 2 aromatic carbocycles. The molecule has 1 atom stereocenters. The van der Waals surface area contributed by atoms with Crippen LogP contribution in [0.4, 0.5) is 0 Å². The smallest absolute Gasteiger partial charge is 0.337 e. The van der Waals surface area contributed by atoms with Gasteiger partial charge in [0.15, 0.2) is 0 Å². The fourth-order valence-corrected chi connectivity index (χ4v) is 4.19. The van der Waals surface area contributed by atoms with Gasteiger partial charge in [0.25, 0.3) is 5.91 Å². The lowest BCUT2D eigenvalue weighted by Gasteiger charge is -2.26. The molecule has 8 nitrogen and oxygen atoms in total. The second-order valence-corrected chi connectivity index (χ2v) is 7.69. The Hall–Kier alpha value is -4.46. The first-order valence-corrected chi connectivity index (χ1v) is 10.3. The number of H-pyrrole nitrogens is 1. The number of phenols is 1. The Morgan fingerprint density at radius 1 is 1.12 bits per heavy atom. The largest absolute Gasteiger partial charge is 0.507 e. The van der Waals surface area contributed by atoms with E-state index in [1.54, 1.807) is 65.8 Å². The van der Waals surface area contributed by atoms with Gasteiger partial charge < -0.3 is 14.7 Å². The summed E-state index contributed by atoms with van der Waals surface area (Å²) in [6.45, 7) is 0.332. The van der Waals surface area contributed by atoms with Crippen LogP contribution in [0.3, 0.4) is 0 Å². The molecular weight excluding hydrogens is 420 g/mol. The molecular formula is C25H20N4O4. The summed E-state index contributed by atoms with van der Waals surface area (Å²) in [4.78, 5) is 31.2. The molecule has 3 heterocycles. The van der Waals surface area contributed by atoms with Crippen molar-refractivity contribution in [3.8, 4) is 17.0 Å². The topological polar surface area (TPSA) is 108 Å². The second-order valence-electron chi connectivity index (χ2n) is 7.69. The van der Waals surface area contributed by atoms with Crippen molar-refractivity contribution in [2.45, 2.75) is 12.6 Å². The number of phenolic OH excluding ortho intramolecular Hbond substituents is 1. The van der Waals surface area contributed by atoms with Gasteiger partial charge in [0.1, 0.15) is 17.1 Å². The number of carbonyl (C=O) groups is 2. The van der Waals surface area contributed by atoms with E-state index in [1.807, 2.05) is 12.1 Å². The van der Waals surface area contributed by atoms with E-state index < -0.39 is 12.0 Å². The molecule has 0 saturated heterocycles. The number of nitrogens with one attached hydrogen (secondary N) is 1. The van der Waals surface area contributed by atoms with Crippen molar-refractivity contribution in [3.05, 3.63) is 101 Å². The zero-order valence-corrected chi connectivity index (χ0v) is 17.7.